The second-order valence-electron chi connectivity index (χ2n) is 6.51. The molecule has 1 atom stereocenters. The average molecular weight is 346 g/mol. The molecule has 22 heavy (non-hydrogen) atoms. The fourth-order valence-corrected chi connectivity index (χ4v) is 2.89. The molecule has 6 heteroatoms. The molecule has 124 valence electrons. The second-order valence-corrected chi connectivity index (χ2v) is 6.92. The van der Waals surface area contributed by atoms with Gasteiger partial charge in [0.2, 0.25) is 5.91 Å². The fourth-order valence-electron chi connectivity index (χ4n) is 2.63. The van der Waals surface area contributed by atoms with Gasteiger partial charge in [0.05, 0.1) is 6.54 Å². The first-order chi connectivity index (χ1) is 9.87. The number of rotatable bonds is 3. The van der Waals surface area contributed by atoms with Gasteiger partial charge in [-0.15, -0.1) is 12.4 Å². The summed E-state index contributed by atoms with van der Waals surface area (Å²) in [5.74, 6) is 0.0569. The Morgan fingerprint density at radius 2 is 2.09 bits per heavy atom. The largest absolute Gasteiger partial charge is 0.350 e. The van der Waals surface area contributed by atoms with Crippen LogP contribution in [0.25, 0.3) is 0 Å². The van der Waals surface area contributed by atoms with E-state index in [0.717, 1.165) is 30.2 Å². The van der Waals surface area contributed by atoms with Crippen molar-refractivity contribution in [1.82, 2.24) is 15.5 Å². The van der Waals surface area contributed by atoms with Crippen molar-refractivity contribution in [1.29, 1.82) is 0 Å². The van der Waals surface area contributed by atoms with E-state index in [9.17, 15) is 4.79 Å². The van der Waals surface area contributed by atoms with Gasteiger partial charge < -0.3 is 10.6 Å². The third-order valence-electron chi connectivity index (χ3n) is 3.48. The normalized spacial score (nSPS) is 19.4. The summed E-state index contributed by atoms with van der Waals surface area (Å²) < 4.78 is 0. The minimum atomic E-state index is -0.203. The Morgan fingerprint density at radius 1 is 1.41 bits per heavy atom. The highest BCUT2D eigenvalue weighted by molar-refractivity contribution is 6.31. The monoisotopic (exact) mass is 345 g/mol. The molecule has 0 saturated carbocycles. The van der Waals surface area contributed by atoms with Crippen molar-refractivity contribution in [3.8, 4) is 0 Å². The summed E-state index contributed by atoms with van der Waals surface area (Å²) in [4.78, 5) is 14.4. The first-order valence-corrected chi connectivity index (χ1v) is 7.75. The quantitative estimate of drug-likeness (QED) is 0.884. The SMILES string of the molecule is CC(C)(C)NC(=O)CN1CCNCC1c1ccccc1Cl.Cl. The number of hydrogen-bond donors (Lipinski definition) is 2. The molecule has 1 unspecified atom stereocenters. The standard InChI is InChI=1S/C16H24ClN3O.ClH/c1-16(2,3)19-15(21)11-20-9-8-18-10-14(20)12-6-4-5-7-13(12)17;/h4-7,14,18H,8-11H2,1-3H3,(H,19,21);1H. The molecule has 1 saturated heterocycles. The van der Waals surface area contributed by atoms with Crippen molar-refractivity contribution in [3.05, 3.63) is 34.9 Å². The minimum Gasteiger partial charge on any atom is -0.350 e. The smallest absolute Gasteiger partial charge is 0.234 e. The Balaban J connectivity index is 0.00000242. The highest BCUT2D eigenvalue weighted by Crippen LogP contribution is 2.28. The topological polar surface area (TPSA) is 44.4 Å². The van der Waals surface area contributed by atoms with Gasteiger partial charge in [0, 0.05) is 36.2 Å². The average Bonchev–Trinajstić information content (AvgIpc) is 2.38. The molecule has 2 rings (SSSR count). The second kappa shape index (κ2) is 8.16. The zero-order valence-corrected chi connectivity index (χ0v) is 14.9. The predicted molar refractivity (Wildman–Crippen MR) is 93.8 cm³/mol. The zero-order chi connectivity index (χ0) is 15.5. The number of piperazine rings is 1. The molecule has 0 spiro atoms. The van der Waals surface area contributed by atoms with Gasteiger partial charge in [-0.1, -0.05) is 29.8 Å². The van der Waals surface area contributed by atoms with Gasteiger partial charge >= 0.3 is 0 Å². The minimum absolute atomic E-state index is 0. The number of carbonyl (C=O) groups is 1. The Morgan fingerprint density at radius 3 is 2.73 bits per heavy atom. The Kier molecular flexibility index (Phi) is 7.13. The molecular formula is C16H25Cl2N3O. The van der Waals surface area contributed by atoms with E-state index in [0.29, 0.717) is 6.54 Å². The lowest BCUT2D eigenvalue weighted by Gasteiger charge is -2.37. The van der Waals surface area contributed by atoms with E-state index in [1.165, 1.54) is 0 Å². The van der Waals surface area contributed by atoms with E-state index >= 15 is 0 Å². The van der Waals surface area contributed by atoms with Crippen molar-refractivity contribution in [3.63, 3.8) is 0 Å². The van der Waals surface area contributed by atoms with Gasteiger partial charge in [-0.05, 0) is 32.4 Å². The van der Waals surface area contributed by atoms with Crippen LogP contribution in [0.5, 0.6) is 0 Å². The van der Waals surface area contributed by atoms with Gasteiger partial charge in [-0.2, -0.15) is 0 Å². The van der Waals surface area contributed by atoms with Crippen LogP contribution in [-0.4, -0.2) is 42.5 Å². The maximum absolute atomic E-state index is 12.2. The maximum atomic E-state index is 12.2. The molecule has 0 aromatic heterocycles. The van der Waals surface area contributed by atoms with E-state index in [2.05, 4.69) is 15.5 Å². The van der Waals surface area contributed by atoms with E-state index < -0.39 is 0 Å². The molecule has 1 heterocycles. The predicted octanol–water partition coefficient (Wildman–Crippen LogP) is 2.62. The van der Waals surface area contributed by atoms with E-state index in [1.54, 1.807) is 0 Å². The molecule has 1 fully saturated rings. The van der Waals surface area contributed by atoms with Crippen molar-refractivity contribution in [2.75, 3.05) is 26.2 Å². The first-order valence-electron chi connectivity index (χ1n) is 7.37. The van der Waals surface area contributed by atoms with Crippen LogP contribution in [0.1, 0.15) is 32.4 Å². The molecule has 1 aromatic rings. The maximum Gasteiger partial charge on any atom is 0.234 e. The molecular weight excluding hydrogens is 321 g/mol. The summed E-state index contributed by atoms with van der Waals surface area (Å²) in [6.45, 7) is 8.93. The number of amides is 1. The Bertz CT molecular complexity index is 502. The van der Waals surface area contributed by atoms with Gasteiger partial charge in [0.15, 0.2) is 0 Å². The number of nitrogens with zero attached hydrogens (tertiary/aromatic N) is 1. The number of carbonyl (C=O) groups excluding carboxylic acids is 1. The van der Waals surface area contributed by atoms with Crippen LogP contribution in [0.4, 0.5) is 0 Å². The number of nitrogens with one attached hydrogen (secondary N) is 2. The molecule has 0 aliphatic carbocycles. The van der Waals surface area contributed by atoms with E-state index in [4.69, 9.17) is 11.6 Å². The summed E-state index contributed by atoms with van der Waals surface area (Å²) >= 11 is 6.31. The Labute approximate surface area is 144 Å². The number of hydrogen-bond acceptors (Lipinski definition) is 3. The third-order valence-corrected chi connectivity index (χ3v) is 3.82. The van der Waals surface area contributed by atoms with E-state index in [-0.39, 0.29) is 29.9 Å². The molecule has 2 N–H and O–H groups in total. The highest BCUT2D eigenvalue weighted by atomic mass is 35.5. The van der Waals surface area contributed by atoms with Crippen molar-refractivity contribution in [2.45, 2.75) is 32.4 Å². The van der Waals surface area contributed by atoms with Crippen molar-refractivity contribution >= 4 is 29.9 Å². The van der Waals surface area contributed by atoms with Crippen LogP contribution in [0, 0.1) is 0 Å². The summed E-state index contributed by atoms with van der Waals surface area (Å²) in [7, 11) is 0. The molecule has 1 aliphatic heterocycles. The highest BCUT2D eigenvalue weighted by Gasteiger charge is 2.27. The van der Waals surface area contributed by atoms with Crippen LogP contribution < -0.4 is 10.6 Å². The lowest BCUT2D eigenvalue weighted by Crippen LogP contribution is -2.52. The number of halogens is 2. The van der Waals surface area contributed by atoms with Crippen LogP contribution in [-0.2, 0) is 4.79 Å². The van der Waals surface area contributed by atoms with Crippen LogP contribution in [0.3, 0.4) is 0 Å². The molecule has 4 nitrogen and oxygen atoms in total. The summed E-state index contributed by atoms with van der Waals surface area (Å²) in [5, 5.41) is 7.16. The van der Waals surface area contributed by atoms with Crippen molar-refractivity contribution < 1.29 is 4.79 Å². The fraction of sp³-hybridized carbons (Fsp3) is 0.562. The number of benzene rings is 1. The van der Waals surface area contributed by atoms with Crippen LogP contribution >= 0.6 is 24.0 Å². The summed E-state index contributed by atoms with van der Waals surface area (Å²) in [5.41, 5.74) is 0.875. The molecule has 1 amide bonds. The van der Waals surface area contributed by atoms with Crippen molar-refractivity contribution in [2.24, 2.45) is 0 Å². The molecule has 0 radical (unpaired) electrons. The summed E-state index contributed by atoms with van der Waals surface area (Å²) in [6, 6.07) is 7.99. The first kappa shape index (κ1) is 19.2. The molecule has 0 bridgehead atoms. The molecule has 1 aromatic carbocycles. The molecule has 1 aliphatic rings. The summed E-state index contributed by atoms with van der Waals surface area (Å²) in [6.07, 6.45) is 0. The lowest BCUT2D eigenvalue weighted by atomic mass is 10.0. The van der Waals surface area contributed by atoms with Gasteiger partial charge in [0.1, 0.15) is 0 Å². The zero-order valence-electron chi connectivity index (χ0n) is 13.4. The Hall–Kier alpha value is -0.810. The van der Waals surface area contributed by atoms with Gasteiger partial charge in [-0.3, -0.25) is 9.69 Å². The third kappa shape index (κ3) is 5.43. The lowest BCUT2D eigenvalue weighted by molar-refractivity contribution is -0.124. The van der Waals surface area contributed by atoms with E-state index in [1.807, 2.05) is 45.0 Å². The van der Waals surface area contributed by atoms with Gasteiger partial charge in [0.25, 0.3) is 0 Å². The van der Waals surface area contributed by atoms with Crippen LogP contribution in [0.2, 0.25) is 5.02 Å². The van der Waals surface area contributed by atoms with Gasteiger partial charge in [-0.25, -0.2) is 0 Å². The van der Waals surface area contributed by atoms with Crippen LogP contribution in [0.15, 0.2) is 24.3 Å².